The van der Waals surface area contributed by atoms with E-state index in [0.717, 1.165) is 69.8 Å². The molecule has 0 aromatic heterocycles. The van der Waals surface area contributed by atoms with Crippen molar-refractivity contribution in [3.63, 3.8) is 0 Å². The fraction of sp³-hybridized carbons (Fsp3) is 0.458. The van der Waals surface area contributed by atoms with Crippen LogP contribution in [0, 0.1) is 6.92 Å². The molecule has 1 N–H and O–H groups in total. The van der Waals surface area contributed by atoms with E-state index < -0.39 is 0 Å². The zero-order valence-electron chi connectivity index (χ0n) is 16.9. The summed E-state index contributed by atoms with van der Waals surface area (Å²) >= 11 is 0. The highest BCUT2D eigenvalue weighted by Gasteiger charge is 2.11. The van der Waals surface area contributed by atoms with Gasteiger partial charge in [0.2, 0.25) is 0 Å². The maximum absolute atomic E-state index is 9.41. The number of benzene rings is 2. The van der Waals surface area contributed by atoms with E-state index in [1.165, 1.54) is 23.1 Å². The zero-order valence-corrected chi connectivity index (χ0v) is 16.9. The van der Waals surface area contributed by atoms with E-state index in [1.807, 2.05) is 12.1 Å². The van der Waals surface area contributed by atoms with Crippen LogP contribution >= 0.6 is 0 Å². The Labute approximate surface area is 168 Å². The minimum absolute atomic E-state index is 0.768. The quantitative estimate of drug-likeness (QED) is 0.397. The molecule has 1 heterocycles. The minimum atomic E-state index is 0.768. The molecule has 0 atom stereocenters. The molecule has 1 fully saturated rings. The highest BCUT2D eigenvalue weighted by molar-refractivity contribution is 6.00. The lowest BCUT2D eigenvalue weighted by atomic mass is 9.96. The van der Waals surface area contributed by atoms with Crippen LogP contribution in [0.25, 0.3) is 0 Å². The van der Waals surface area contributed by atoms with E-state index in [4.69, 9.17) is 4.74 Å². The fourth-order valence-corrected chi connectivity index (χ4v) is 3.81. The van der Waals surface area contributed by atoms with Crippen molar-refractivity contribution in [1.82, 2.24) is 4.90 Å². The van der Waals surface area contributed by atoms with E-state index in [9.17, 15) is 5.21 Å². The molecule has 4 heteroatoms. The maximum atomic E-state index is 9.41. The van der Waals surface area contributed by atoms with Gasteiger partial charge in [-0.2, -0.15) is 0 Å². The van der Waals surface area contributed by atoms with E-state index in [1.54, 1.807) is 0 Å². The summed E-state index contributed by atoms with van der Waals surface area (Å²) in [7, 11) is 0. The monoisotopic (exact) mass is 380 g/mol. The molecule has 0 bridgehead atoms. The van der Waals surface area contributed by atoms with E-state index >= 15 is 0 Å². The maximum Gasteiger partial charge on any atom is 0.0867 e. The number of ether oxygens (including phenoxy) is 1. The summed E-state index contributed by atoms with van der Waals surface area (Å²) in [6.45, 7) is 7.06. The Balaban J connectivity index is 1.49. The molecule has 28 heavy (non-hydrogen) atoms. The third-order valence-corrected chi connectivity index (χ3v) is 5.51. The SMILES string of the molecule is Cc1ccc(C(CCCc2ccccc2CCCN2CCOCC2)=NO)cc1. The third-order valence-electron chi connectivity index (χ3n) is 5.51. The van der Waals surface area contributed by atoms with E-state index in [0.29, 0.717) is 0 Å². The predicted octanol–water partition coefficient (Wildman–Crippen LogP) is 4.46. The highest BCUT2D eigenvalue weighted by atomic mass is 16.5. The first kappa shape index (κ1) is 20.6. The van der Waals surface area contributed by atoms with Crippen LogP contribution in [0.5, 0.6) is 0 Å². The van der Waals surface area contributed by atoms with Gasteiger partial charge < -0.3 is 9.94 Å². The Hall–Kier alpha value is -2.17. The van der Waals surface area contributed by atoms with Gasteiger partial charge in [0.25, 0.3) is 0 Å². The lowest BCUT2D eigenvalue weighted by molar-refractivity contribution is 0.0374. The number of aryl methyl sites for hydroxylation is 3. The van der Waals surface area contributed by atoms with Crippen molar-refractivity contribution >= 4 is 5.71 Å². The summed E-state index contributed by atoms with van der Waals surface area (Å²) in [6.07, 6.45) is 5.07. The van der Waals surface area contributed by atoms with Gasteiger partial charge in [0.05, 0.1) is 18.9 Å². The van der Waals surface area contributed by atoms with Gasteiger partial charge in [-0.05, 0) is 62.3 Å². The summed E-state index contributed by atoms with van der Waals surface area (Å²) in [5.41, 5.74) is 5.86. The molecule has 2 aromatic rings. The number of rotatable bonds is 9. The molecule has 0 unspecified atom stereocenters. The number of nitrogens with zero attached hydrogens (tertiary/aromatic N) is 2. The van der Waals surface area contributed by atoms with Gasteiger partial charge in [0, 0.05) is 13.1 Å². The van der Waals surface area contributed by atoms with Crippen LogP contribution in [0.1, 0.15) is 41.5 Å². The Morgan fingerprint density at radius 1 is 0.964 bits per heavy atom. The number of hydrogen-bond acceptors (Lipinski definition) is 4. The first-order valence-corrected chi connectivity index (χ1v) is 10.4. The Kier molecular flexibility index (Phi) is 8.07. The first-order chi connectivity index (χ1) is 13.8. The normalized spacial score (nSPS) is 15.7. The second-order valence-corrected chi connectivity index (χ2v) is 7.59. The lowest BCUT2D eigenvalue weighted by Crippen LogP contribution is -2.36. The molecule has 1 aliphatic heterocycles. The topological polar surface area (TPSA) is 45.1 Å². The van der Waals surface area contributed by atoms with Gasteiger partial charge in [-0.25, -0.2) is 0 Å². The minimum Gasteiger partial charge on any atom is -0.411 e. The van der Waals surface area contributed by atoms with Crippen molar-refractivity contribution in [2.75, 3.05) is 32.8 Å². The van der Waals surface area contributed by atoms with Crippen molar-refractivity contribution in [1.29, 1.82) is 0 Å². The molecule has 2 aromatic carbocycles. The van der Waals surface area contributed by atoms with Crippen LogP contribution in [0.15, 0.2) is 53.7 Å². The molecular weight excluding hydrogens is 348 g/mol. The van der Waals surface area contributed by atoms with E-state index in [-0.39, 0.29) is 0 Å². The summed E-state index contributed by atoms with van der Waals surface area (Å²) in [5, 5.41) is 13.0. The summed E-state index contributed by atoms with van der Waals surface area (Å²) in [4.78, 5) is 2.50. The largest absolute Gasteiger partial charge is 0.411 e. The standard InChI is InChI=1S/C24H32N2O2/c1-20-11-13-23(14-12-20)24(25-27)10-4-8-21-6-2-3-7-22(21)9-5-15-26-16-18-28-19-17-26/h2-3,6-7,11-14,27H,4-5,8-10,15-19H2,1H3. The second kappa shape index (κ2) is 11.0. The molecular formula is C24H32N2O2. The van der Waals surface area contributed by atoms with Crippen LogP contribution in [0.2, 0.25) is 0 Å². The Morgan fingerprint density at radius 3 is 2.25 bits per heavy atom. The molecule has 3 rings (SSSR count). The van der Waals surface area contributed by atoms with Gasteiger partial charge in [0.1, 0.15) is 0 Å². The van der Waals surface area contributed by atoms with Crippen LogP contribution in [0.4, 0.5) is 0 Å². The average molecular weight is 381 g/mol. The van der Waals surface area contributed by atoms with Crippen LogP contribution in [-0.2, 0) is 17.6 Å². The molecule has 1 saturated heterocycles. The summed E-state index contributed by atoms with van der Waals surface area (Å²) in [5.74, 6) is 0. The van der Waals surface area contributed by atoms with Gasteiger partial charge in [-0.15, -0.1) is 0 Å². The second-order valence-electron chi connectivity index (χ2n) is 7.59. The number of oxime groups is 1. The molecule has 4 nitrogen and oxygen atoms in total. The van der Waals surface area contributed by atoms with Crippen molar-refractivity contribution in [2.24, 2.45) is 5.16 Å². The molecule has 0 radical (unpaired) electrons. The summed E-state index contributed by atoms with van der Waals surface area (Å²) in [6, 6.07) is 17.0. The molecule has 1 aliphatic rings. The zero-order chi connectivity index (χ0) is 19.6. The molecule has 150 valence electrons. The van der Waals surface area contributed by atoms with Gasteiger partial charge >= 0.3 is 0 Å². The Morgan fingerprint density at radius 2 is 1.61 bits per heavy atom. The fourth-order valence-electron chi connectivity index (χ4n) is 3.81. The lowest BCUT2D eigenvalue weighted by Gasteiger charge is -2.26. The van der Waals surface area contributed by atoms with Gasteiger partial charge in [-0.3, -0.25) is 4.90 Å². The van der Waals surface area contributed by atoms with Crippen molar-refractivity contribution < 1.29 is 9.94 Å². The van der Waals surface area contributed by atoms with Gasteiger partial charge in [-0.1, -0.05) is 59.3 Å². The molecule has 0 aliphatic carbocycles. The molecule has 0 saturated carbocycles. The smallest absolute Gasteiger partial charge is 0.0867 e. The van der Waals surface area contributed by atoms with Crippen LogP contribution < -0.4 is 0 Å². The van der Waals surface area contributed by atoms with Crippen molar-refractivity contribution in [2.45, 2.75) is 39.0 Å². The van der Waals surface area contributed by atoms with Gasteiger partial charge in [0.15, 0.2) is 0 Å². The van der Waals surface area contributed by atoms with E-state index in [2.05, 4.69) is 53.4 Å². The molecule has 0 spiro atoms. The average Bonchev–Trinajstić information content (AvgIpc) is 2.74. The first-order valence-electron chi connectivity index (χ1n) is 10.4. The molecule has 0 amide bonds. The Bertz CT molecular complexity index is 749. The van der Waals surface area contributed by atoms with Crippen LogP contribution in [-0.4, -0.2) is 48.7 Å². The predicted molar refractivity (Wildman–Crippen MR) is 114 cm³/mol. The third kappa shape index (κ3) is 6.18. The van der Waals surface area contributed by atoms with Crippen molar-refractivity contribution in [3.05, 3.63) is 70.8 Å². The number of hydrogen-bond donors (Lipinski definition) is 1. The summed E-state index contributed by atoms with van der Waals surface area (Å²) < 4.78 is 5.42. The highest BCUT2D eigenvalue weighted by Crippen LogP contribution is 2.16. The number of morpholine rings is 1. The van der Waals surface area contributed by atoms with Crippen molar-refractivity contribution in [3.8, 4) is 0 Å². The van der Waals surface area contributed by atoms with Crippen LogP contribution in [0.3, 0.4) is 0 Å².